The Morgan fingerprint density at radius 2 is 2.00 bits per heavy atom. The quantitative estimate of drug-likeness (QED) is 0.615. The van der Waals surface area contributed by atoms with E-state index in [2.05, 4.69) is 21.4 Å². The van der Waals surface area contributed by atoms with E-state index in [4.69, 9.17) is 15.9 Å². The van der Waals surface area contributed by atoms with Gasteiger partial charge in [-0.1, -0.05) is 15.9 Å². The first-order valence-electron chi connectivity index (χ1n) is 6.40. The molecule has 0 radical (unpaired) electrons. The van der Waals surface area contributed by atoms with Gasteiger partial charge in [0.2, 0.25) is 0 Å². The Bertz CT molecular complexity index is 537. The number of nitrogens with zero attached hydrogens (tertiary/aromatic N) is 1. The van der Waals surface area contributed by atoms with Crippen LogP contribution >= 0.6 is 15.9 Å². The highest BCUT2D eigenvalue weighted by atomic mass is 79.9. The summed E-state index contributed by atoms with van der Waals surface area (Å²) in [6.07, 6.45) is 0.467. The van der Waals surface area contributed by atoms with E-state index in [9.17, 15) is 9.59 Å². The predicted octanol–water partition coefficient (Wildman–Crippen LogP) is 0.788. The van der Waals surface area contributed by atoms with Crippen LogP contribution in [0.15, 0.2) is 28.7 Å². The molecule has 0 amide bonds. The van der Waals surface area contributed by atoms with Crippen molar-refractivity contribution in [3.63, 3.8) is 0 Å². The topological polar surface area (TPSA) is 116 Å². The number of nitrogens with one attached hydrogen (secondary N) is 1. The lowest BCUT2D eigenvalue weighted by Gasteiger charge is -2.27. The fourth-order valence-electron chi connectivity index (χ4n) is 2.34. The number of rotatable bonds is 5. The molecular weight excluding hydrogens is 342 g/mol. The van der Waals surface area contributed by atoms with Gasteiger partial charge in [-0.2, -0.15) is 0 Å². The summed E-state index contributed by atoms with van der Waals surface area (Å²) >= 11 is 3.33. The number of hydrogen-bond acceptors (Lipinski definition) is 5. The number of carbonyl (C=O) groups is 2. The number of nitrogens with two attached hydrogens (primary N) is 1. The number of hydrogen-bond donors (Lipinski definition) is 4. The molecule has 3 atom stereocenters. The maximum Gasteiger partial charge on any atom is 0.322 e. The zero-order chi connectivity index (χ0) is 15.6. The van der Waals surface area contributed by atoms with Gasteiger partial charge in [0, 0.05) is 10.5 Å². The van der Waals surface area contributed by atoms with Crippen LogP contribution in [-0.2, 0) is 9.59 Å². The van der Waals surface area contributed by atoms with Crippen molar-refractivity contribution in [3.8, 4) is 0 Å². The molecule has 1 aromatic carbocycles. The number of carboxylic acids is 2. The van der Waals surface area contributed by atoms with E-state index in [1.165, 1.54) is 0 Å². The van der Waals surface area contributed by atoms with Gasteiger partial charge in [-0.15, -0.1) is 0 Å². The summed E-state index contributed by atoms with van der Waals surface area (Å²) in [7, 11) is 0. The van der Waals surface area contributed by atoms with Crippen molar-refractivity contribution in [1.29, 1.82) is 0 Å². The molecule has 0 spiro atoms. The Morgan fingerprint density at radius 1 is 1.38 bits per heavy atom. The zero-order valence-electron chi connectivity index (χ0n) is 11.1. The highest BCUT2D eigenvalue weighted by Crippen LogP contribution is 2.27. The van der Waals surface area contributed by atoms with Crippen molar-refractivity contribution in [2.75, 3.05) is 5.01 Å². The van der Waals surface area contributed by atoms with Crippen molar-refractivity contribution in [2.24, 2.45) is 5.73 Å². The zero-order valence-corrected chi connectivity index (χ0v) is 12.7. The molecule has 8 heteroatoms. The average Bonchev–Trinajstić information content (AvgIpc) is 2.83. The van der Waals surface area contributed by atoms with Crippen LogP contribution < -0.4 is 16.2 Å². The van der Waals surface area contributed by atoms with Crippen LogP contribution in [0.5, 0.6) is 0 Å². The molecule has 1 aliphatic rings. The number of hydrazine groups is 1. The number of anilines is 1. The number of aliphatic carboxylic acids is 2. The van der Waals surface area contributed by atoms with Crippen molar-refractivity contribution in [3.05, 3.63) is 28.7 Å². The van der Waals surface area contributed by atoms with Gasteiger partial charge in [-0.25, -0.2) is 5.43 Å². The summed E-state index contributed by atoms with van der Waals surface area (Å²) in [6, 6.07) is 5.24. The predicted molar refractivity (Wildman–Crippen MR) is 79.8 cm³/mol. The van der Waals surface area contributed by atoms with Gasteiger partial charge in [-0.05, 0) is 37.1 Å². The second kappa shape index (κ2) is 6.42. The molecular formula is C13H16BrN3O4. The van der Waals surface area contributed by atoms with Gasteiger partial charge in [0.05, 0.1) is 5.69 Å². The van der Waals surface area contributed by atoms with Gasteiger partial charge >= 0.3 is 11.9 Å². The first-order valence-corrected chi connectivity index (χ1v) is 7.20. The summed E-state index contributed by atoms with van der Waals surface area (Å²) in [6.45, 7) is 0. The lowest BCUT2D eigenvalue weighted by atomic mass is 10.0. The van der Waals surface area contributed by atoms with E-state index in [0.29, 0.717) is 6.42 Å². The summed E-state index contributed by atoms with van der Waals surface area (Å²) < 4.78 is 0.902. The summed E-state index contributed by atoms with van der Waals surface area (Å²) in [5.41, 5.74) is 9.23. The molecule has 1 aromatic rings. The molecule has 1 aliphatic heterocycles. The molecule has 21 heavy (non-hydrogen) atoms. The molecule has 0 saturated carbocycles. The molecule has 0 aromatic heterocycles. The van der Waals surface area contributed by atoms with Crippen molar-refractivity contribution in [1.82, 2.24) is 5.43 Å². The SMILES string of the molecule is N[C@H](C[C@H]1C[C@H](C(=O)O)NN1c1ccc(Br)cc1)C(=O)O. The minimum Gasteiger partial charge on any atom is -0.480 e. The molecule has 7 nitrogen and oxygen atoms in total. The van der Waals surface area contributed by atoms with E-state index in [1.54, 1.807) is 5.01 Å². The van der Waals surface area contributed by atoms with Crippen molar-refractivity contribution >= 4 is 33.6 Å². The minimum absolute atomic E-state index is 0.169. The van der Waals surface area contributed by atoms with Crippen LogP contribution in [-0.4, -0.2) is 40.3 Å². The van der Waals surface area contributed by atoms with Crippen LogP contribution in [0.25, 0.3) is 0 Å². The van der Waals surface area contributed by atoms with E-state index in [0.717, 1.165) is 10.2 Å². The Morgan fingerprint density at radius 3 is 2.52 bits per heavy atom. The average molecular weight is 358 g/mol. The van der Waals surface area contributed by atoms with Gasteiger partial charge < -0.3 is 21.0 Å². The van der Waals surface area contributed by atoms with E-state index < -0.39 is 24.0 Å². The number of benzene rings is 1. The van der Waals surface area contributed by atoms with Crippen LogP contribution in [0.1, 0.15) is 12.8 Å². The smallest absolute Gasteiger partial charge is 0.322 e. The molecule has 1 heterocycles. The van der Waals surface area contributed by atoms with Gasteiger partial charge in [0.25, 0.3) is 0 Å². The molecule has 1 fully saturated rings. The summed E-state index contributed by atoms with van der Waals surface area (Å²) in [5, 5.41) is 19.8. The third-order valence-electron chi connectivity index (χ3n) is 3.41. The molecule has 5 N–H and O–H groups in total. The number of carboxylic acid groups (broad SMARTS) is 2. The Labute approximate surface area is 129 Å². The highest BCUT2D eigenvalue weighted by molar-refractivity contribution is 9.10. The molecule has 0 unspecified atom stereocenters. The van der Waals surface area contributed by atoms with Crippen LogP contribution in [0.3, 0.4) is 0 Å². The Kier molecular flexibility index (Phi) is 4.81. The largest absolute Gasteiger partial charge is 0.480 e. The third kappa shape index (κ3) is 3.72. The maximum absolute atomic E-state index is 11.2. The van der Waals surface area contributed by atoms with Crippen molar-refractivity contribution < 1.29 is 19.8 Å². The monoisotopic (exact) mass is 357 g/mol. The van der Waals surface area contributed by atoms with Crippen LogP contribution in [0.4, 0.5) is 5.69 Å². The van der Waals surface area contributed by atoms with E-state index in [-0.39, 0.29) is 12.5 Å². The fourth-order valence-corrected chi connectivity index (χ4v) is 2.61. The minimum atomic E-state index is -1.09. The lowest BCUT2D eigenvalue weighted by molar-refractivity contribution is -0.139. The summed E-state index contributed by atoms with van der Waals surface area (Å²) in [4.78, 5) is 22.1. The number of halogens is 1. The van der Waals surface area contributed by atoms with Gasteiger partial charge in [0.1, 0.15) is 12.1 Å². The molecule has 0 bridgehead atoms. The first kappa shape index (κ1) is 15.7. The molecule has 0 aliphatic carbocycles. The molecule has 114 valence electrons. The van der Waals surface area contributed by atoms with E-state index >= 15 is 0 Å². The third-order valence-corrected chi connectivity index (χ3v) is 3.94. The second-order valence-electron chi connectivity index (χ2n) is 4.94. The highest BCUT2D eigenvalue weighted by Gasteiger charge is 2.37. The maximum atomic E-state index is 11.2. The van der Waals surface area contributed by atoms with Gasteiger partial charge in [-0.3, -0.25) is 9.59 Å². The van der Waals surface area contributed by atoms with E-state index in [1.807, 2.05) is 24.3 Å². The molecule has 1 saturated heterocycles. The van der Waals surface area contributed by atoms with Gasteiger partial charge in [0.15, 0.2) is 0 Å². The first-order chi connectivity index (χ1) is 9.88. The normalized spacial score (nSPS) is 23.0. The second-order valence-corrected chi connectivity index (χ2v) is 5.85. The van der Waals surface area contributed by atoms with Crippen LogP contribution in [0.2, 0.25) is 0 Å². The molecule has 2 rings (SSSR count). The lowest BCUT2D eigenvalue weighted by Crippen LogP contribution is -2.44. The Hall–Kier alpha value is -1.64. The Balaban J connectivity index is 2.20. The summed E-state index contributed by atoms with van der Waals surface area (Å²) in [5.74, 6) is -2.06. The standard InChI is InChI=1S/C13H16BrN3O4/c14-7-1-3-8(4-2-7)17-9(5-10(15)12(18)19)6-11(16-17)13(20)21/h1-4,9-11,16H,5-6,15H2,(H,18,19)(H,20,21)/t9-,10+,11+/m0/s1. The fraction of sp³-hybridized carbons (Fsp3) is 0.385. The van der Waals surface area contributed by atoms with Crippen molar-refractivity contribution in [2.45, 2.75) is 31.0 Å². The van der Waals surface area contributed by atoms with Crippen LogP contribution in [0, 0.1) is 0 Å².